The third-order valence-electron chi connectivity index (χ3n) is 3.95. The minimum atomic E-state index is -0.293. The van der Waals surface area contributed by atoms with E-state index in [9.17, 15) is 9.90 Å². The van der Waals surface area contributed by atoms with Gasteiger partial charge in [0, 0.05) is 65.1 Å². The summed E-state index contributed by atoms with van der Waals surface area (Å²) in [6.45, 7) is 7.13. The predicted octanol–water partition coefficient (Wildman–Crippen LogP) is -0.623. The molecule has 1 aromatic rings. The number of rotatable bonds is 6. The summed E-state index contributed by atoms with van der Waals surface area (Å²) in [6, 6.07) is 0. The van der Waals surface area contributed by atoms with Gasteiger partial charge in [0.05, 0.1) is 18.8 Å². The van der Waals surface area contributed by atoms with Gasteiger partial charge in [-0.2, -0.15) is 5.10 Å². The molecule has 0 aliphatic carbocycles. The predicted molar refractivity (Wildman–Crippen MR) is 84.2 cm³/mol. The van der Waals surface area contributed by atoms with Gasteiger partial charge in [-0.25, -0.2) is 0 Å². The summed E-state index contributed by atoms with van der Waals surface area (Å²) < 4.78 is 1.75. The van der Waals surface area contributed by atoms with Crippen molar-refractivity contribution in [3.05, 3.63) is 18.0 Å². The Morgan fingerprint density at radius 3 is 2.55 bits per heavy atom. The van der Waals surface area contributed by atoms with Crippen LogP contribution < -0.4 is 0 Å². The van der Waals surface area contributed by atoms with Crippen LogP contribution in [0.1, 0.15) is 12.5 Å². The summed E-state index contributed by atoms with van der Waals surface area (Å²) in [5.41, 5.74) is 1.04. The SMILES string of the molecule is CC(O)CN1CCN(CC(=O)N(C)Cc2cnn(C)c2)CC1. The van der Waals surface area contributed by atoms with E-state index in [0.717, 1.165) is 31.7 Å². The van der Waals surface area contributed by atoms with Crippen LogP contribution in [0.5, 0.6) is 0 Å². The van der Waals surface area contributed by atoms with Gasteiger partial charge in [0.2, 0.25) is 5.91 Å². The van der Waals surface area contributed by atoms with E-state index in [2.05, 4.69) is 14.9 Å². The largest absolute Gasteiger partial charge is 0.392 e. The number of aliphatic hydroxyl groups is 1. The lowest BCUT2D eigenvalue weighted by atomic mass is 10.2. The van der Waals surface area contributed by atoms with Gasteiger partial charge in [-0.1, -0.05) is 0 Å². The van der Waals surface area contributed by atoms with Crippen LogP contribution in [0.4, 0.5) is 0 Å². The lowest BCUT2D eigenvalue weighted by molar-refractivity contribution is -0.132. The van der Waals surface area contributed by atoms with Crippen LogP contribution in [0.15, 0.2) is 12.4 Å². The van der Waals surface area contributed by atoms with Crippen LogP contribution in [0, 0.1) is 0 Å². The van der Waals surface area contributed by atoms with Gasteiger partial charge >= 0.3 is 0 Å². The second-order valence-electron chi connectivity index (χ2n) is 6.20. The maximum Gasteiger partial charge on any atom is 0.236 e. The molecule has 0 bridgehead atoms. The third kappa shape index (κ3) is 5.08. The molecular formula is C15H27N5O2. The van der Waals surface area contributed by atoms with Crippen molar-refractivity contribution in [1.29, 1.82) is 0 Å². The molecule has 22 heavy (non-hydrogen) atoms. The van der Waals surface area contributed by atoms with Crippen LogP contribution in [0.25, 0.3) is 0 Å². The Morgan fingerprint density at radius 1 is 1.36 bits per heavy atom. The van der Waals surface area contributed by atoms with Crippen molar-refractivity contribution in [2.75, 3.05) is 46.3 Å². The molecule has 1 aliphatic rings. The number of aliphatic hydroxyl groups excluding tert-OH is 1. The minimum Gasteiger partial charge on any atom is -0.392 e. The molecule has 0 aromatic carbocycles. The molecule has 1 amide bonds. The first-order valence-corrected chi connectivity index (χ1v) is 7.78. The number of likely N-dealkylation sites (N-methyl/N-ethyl adjacent to an activating group) is 1. The lowest BCUT2D eigenvalue weighted by Gasteiger charge is -2.35. The van der Waals surface area contributed by atoms with E-state index >= 15 is 0 Å². The monoisotopic (exact) mass is 309 g/mol. The Morgan fingerprint density at radius 2 is 2.00 bits per heavy atom. The standard InChI is InChI=1S/C15H27N5O2/c1-13(21)9-19-4-6-20(7-5-19)12-15(22)17(2)10-14-8-16-18(3)11-14/h8,11,13,21H,4-7,9-10,12H2,1-3H3. The first-order chi connectivity index (χ1) is 10.4. The highest BCUT2D eigenvalue weighted by Crippen LogP contribution is 2.05. The molecular weight excluding hydrogens is 282 g/mol. The third-order valence-corrected chi connectivity index (χ3v) is 3.95. The van der Waals surface area contributed by atoms with Gasteiger partial charge in [0.1, 0.15) is 0 Å². The molecule has 1 fully saturated rings. The Balaban J connectivity index is 1.73. The topological polar surface area (TPSA) is 64.8 Å². The second-order valence-corrected chi connectivity index (χ2v) is 6.20. The summed E-state index contributed by atoms with van der Waals surface area (Å²) in [7, 11) is 3.71. The van der Waals surface area contributed by atoms with E-state index < -0.39 is 0 Å². The maximum atomic E-state index is 12.3. The number of amides is 1. The Hall–Kier alpha value is -1.44. The van der Waals surface area contributed by atoms with Crippen molar-refractivity contribution < 1.29 is 9.90 Å². The van der Waals surface area contributed by atoms with E-state index in [1.54, 1.807) is 15.8 Å². The zero-order chi connectivity index (χ0) is 16.1. The summed E-state index contributed by atoms with van der Waals surface area (Å²) in [4.78, 5) is 18.5. The van der Waals surface area contributed by atoms with Gasteiger partial charge < -0.3 is 10.0 Å². The van der Waals surface area contributed by atoms with E-state index in [-0.39, 0.29) is 12.0 Å². The fourth-order valence-electron chi connectivity index (χ4n) is 2.73. The van der Waals surface area contributed by atoms with E-state index in [4.69, 9.17) is 0 Å². The maximum absolute atomic E-state index is 12.3. The van der Waals surface area contributed by atoms with Crippen LogP contribution in [-0.4, -0.2) is 87.9 Å². The smallest absolute Gasteiger partial charge is 0.236 e. The molecule has 0 radical (unpaired) electrons. The first-order valence-electron chi connectivity index (χ1n) is 7.78. The van der Waals surface area contributed by atoms with Gasteiger partial charge in [-0.15, -0.1) is 0 Å². The molecule has 1 atom stereocenters. The van der Waals surface area contributed by atoms with Gasteiger partial charge in [-0.05, 0) is 6.92 Å². The fraction of sp³-hybridized carbons (Fsp3) is 0.733. The van der Waals surface area contributed by atoms with Gasteiger partial charge in [0.25, 0.3) is 0 Å². The fourth-order valence-corrected chi connectivity index (χ4v) is 2.73. The number of β-amino-alcohol motifs (C(OH)–C–C–N with tert-alkyl or cyclic N) is 1. The molecule has 1 aliphatic heterocycles. The zero-order valence-corrected chi connectivity index (χ0v) is 13.8. The van der Waals surface area contributed by atoms with Crippen LogP contribution in [0.3, 0.4) is 0 Å². The minimum absolute atomic E-state index is 0.132. The first kappa shape index (κ1) is 16.9. The molecule has 7 nitrogen and oxygen atoms in total. The van der Waals surface area contributed by atoms with Gasteiger partial charge in [0.15, 0.2) is 0 Å². The number of hydrogen-bond donors (Lipinski definition) is 1. The summed E-state index contributed by atoms with van der Waals surface area (Å²) >= 11 is 0. The van der Waals surface area contributed by atoms with E-state index in [1.807, 2.05) is 27.2 Å². The molecule has 1 N–H and O–H groups in total. The van der Waals surface area contributed by atoms with Crippen molar-refractivity contribution in [3.8, 4) is 0 Å². The Kier molecular flexibility index (Phi) is 5.93. The molecule has 1 saturated heterocycles. The molecule has 7 heteroatoms. The van der Waals surface area contributed by atoms with E-state index in [0.29, 0.717) is 19.6 Å². The highest BCUT2D eigenvalue weighted by Gasteiger charge is 2.21. The Labute approximate surface area is 132 Å². The summed E-state index contributed by atoms with van der Waals surface area (Å²) in [5, 5.41) is 13.5. The molecule has 0 spiro atoms. The number of carbonyl (C=O) groups is 1. The summed E-state index contributed by atoms with van der Waals surface area (Å²) in [6.07, 6.45) is 3.43. The Bertz CT molecular complexity index is 480. The normalized spacial score (nSPS) is 18.4. The van der Waals surface area contributed by atoms with Crippen molar-refractivity contribution in [2.24, 2.45) is 7.05 Å². The highest BCUT2D eigenvalue weighted by molar-refractivity contribution is 5.78. The van der Waals surface area contributed by atoms with Crippen LogP contribution in [0.2, 0.25) is 0 Å². The molecule has 1 unspecified atom stereocenters. The number of aromatic nitrogens is 2. The second kappa shape index (κ2) is 7.71. The highest BCUT2D eigenvalue weighted by atomic mass is 16.3. The number of aryl methyl sites for hydroxylation is 1. The molecule has 2 rings (SSSR count). The van der Waals surface area contributed by atoms with Crippen molar-refractivity contribution in [1.82, 2.24) is 24.5 Å². The van der Waals surface area contributed by atoms with Crippen molar-refractivity contribution in [3.63, 3.8) is 0 Å². The zero-order valence-electron chi connectivity index (χ0n) is 13.8. The molecule has 124 valence electrons. The number of piperazine rings is 1. The van der Waals surface area contributed by atoms with Crippen LogP contribution >= 0.6 is 0 Å². The van der Waals surface area contributed by atoms with E-state index in [1.165, 1.54) is 0 Å². The molecule has 0 saturated carbocycles. The van der Waals surface area contributed by atoms with Crippen LogP contribution in [-0.2, 0) is 18.4 Å². The lowest BCUT2D eigenvalue weighted by Crippen LogP contribution is -2.50. The number of carbonyl (C=O) groups excluding carboxylic acids is 1. The number of nitrogens with zero attached hydrogens (tertiary/aromatic N) is 5. The summed E-state index contributed by atoms with van der Waals surface area (Å²) in [5.74, 6) is 0.132. The quantitative estimate of drug-likeness (QED) is 0.758. The average molecular weight is 309 g/mol. The van der Waals surface area contributed by atoms with Gasteiger partial charge in [-0.3, -0.25) is 19.3 Å². The molecule has 1 aromatic heterocycles. The van der Waals surface area contributed by atoms with Crippen molar-refractivity contribution >= 4 is 5.91 Å². The number of hydrogen-bond acceptors (Lipinski definition) is 5. The average Bonchev–Trinajstić information content (AvgIpc) is 2.85. The molecule has 2 heterocycles. The van der Waals surface area contributed by atoms with Crippen molar-refractivity contribution in [2.45, 2.75) is 19.6 Å².